The SMILES string of the molecule is Cc1ccc([C@@H]2CCC[C@](O)(c3ccc(C)cc3)C2)cc1. The van der Waals surface area contributed by atoms with E-state index in [1.165, 1.54) is 23.1 Å². The molecule has 1 fully saturated rings. The highest BCUT2D eigenvalue weighted by atomic mass is 16.3. The summed E-state index contributed by atoms with van der Waals surface area (Å²) in [6, 6.07) is 17.2. The number of hydrogen-bond donors (Lipinski definition) is 1. The normalized spacial score (nSPS) is 25.8. The molecule has 0 unspecified atom stereocenters. The molecule has 1 aliphatic rings. The number of benzene rings is 2. The molecule has 1 aliphatic carbocycles. The number of aryl methyl sites for hydroxylation is 2. The van der Waals surface area contributed by atoms with Crippen LogP contribution in [0.25, 0.3) is 0 Å². The second kappa shape index (κ2) is 5.65. The fourth-order valence-corrected chi connectivity index (χ4v) is 3.50. The van der Waals surface area contributed by atoms with Crippen LogP contribution in [0, 0.1) is 13.8 Å². The standard InChI is InChI=1S/C20H24O/c1-15-5-9-17(10-6-15)18-4-3-13-20(21,14-18)19-11-7-16(2)8-12-19/h5-12,18,21H,3-4,13-14H2,1-2H3/t18-,20-/m1/s1. The van der Waals surface area contributed by atoms with Crippen molar-refractivity contribution in [1.29, 1.82) is 0 Å². The summed E-state index contributed by atoms with van der Waals surface area (Å²) >= 11 is 0. The zero-order chi connectivity index (χ0) is 14.9. The monoisotopic (exact) mass is 280 g/mol. The maximum absolute atomic E-state index is 11.1. The zero-order valence-corrected chi connectivity index (χ0v) is 13.0. The fourth-order valence-electron chi connectivity index (χ4n) is 3.50. The van der Waals surface area contributed by atoms with Crippen LogP contribution in [-0.4, -0.2) is 5.11 Å². The highest BCUT2D eigenvalue weighted by molar-refractivity contribution is 5.30. The molecule has 1 saturated carbocycles. The Morgan fingerprint density at radius 1 is 0.905 bits per heavy atom. The maximum Gasteiger partial charge on any atom is 0.0902 e. The van der Waals surface area contributed by atoms with Gasteiger partial charge in [0.25, 0.3) is 0 Å². The summed E-state index contributed by atoms with van der Waals surface area (Å²) in [6.07, 6.45) is 3.97. The third-order valence-corrected chi connectivity index (χ3v) is 4.86. The second-order valence-corrected chi connectivity index (χ2v) is 6.60. The Morgan fingerprint density at radius 3 is 2.10 bits per heavy atom. The number of rotatable bonds is 2. The second-order valence-electron chi connectivity index (χ2n) is 6.60. The summed E-state index contributed by atoms with van der Waals surface area (Å²) in [5, 5.41) is 11.1. The van der Waals surface area contributed by atoms with E-state index < -0.39 is 5.60 Å². The molecule has 0 heterocycles. The first kappa shape index (κ1) is 14.3. The molecule has 0 saturated heterocycles. The minimum absolute atomic E-state index is 0.464. The molecule has 1 heteroatoms. The Morgan fingerprint density at radius 2 is 1.48 bits per heavy atom. The molecular weight excluding hydrogens is 256 g/mol. The van der Waals surface area contributed by atoms with Crippen LogP contribution in [0.1, 0.15) is 53.9 Å². The molecule has 0 bridgehead atoms. The van der Waals surface area contributed by atoms with Crippen molar-refractivity contribution in [3.05, 3.63) is 70.8 Å². The quantitative estimate of drug-likeness (QED) is 0.833. The van der Waals surface area contributed by atoms with E-state index in [-0.39, 0.29) is 0 Å². The molecule has 21 heavy (non-hydrogen) atoms. The minimum Gasteiger partial charge on any atom is -0.385 e. The summed E-state index contributed by atoms with van der Waals surface area (Å²) in [4.78, 5) is 0. The topological polar surface area (TPSA) is 20.2 Å². The molecule has 2 aromatic rings. The average Bonchev–Trinajstić information content (AvgIpc) is 2.48. The van der Waals surface area contributed by atoms with Gasteiger partial charge in [-0.25, -0.2) is 0 Å². The van der Waals surface area contributed by atoms with Crippen molar-refractivity contribution in [2.45, 2.75) is 51.0 Å². The maximum atomic E-state index is 11.1. The summed E-state index contributed by atoms with van der Waals surface area (Å²) in [7, 11) is 0. The van der Waals surface area contributed by atoms with Gasteiger partial charge in [0.2, 0.25) is 0 Å². The summed E-state index contributed by atoms with van der Waals surface area (Å²) in [6.45, 7) is 4.21. The van der Waals surface area contributed by atoms with Gasteiger partial charge in [0, 0.05) is 0 Å². The molecule has 2 aromatic carbocycles. The Kier molecular flexibility index (Phi) is 3.86. The molecule has 0 radical (unpaired) electrons. The molecule has 1 nitrogen and oxygen atoms in total. The minimum atomic E-state index is -0.665. The van der Waals surface area contributed by atoms with Crippen LogP contribution in [-0.2, 0) is 5.60 Å². The van der Waals surface area contributed by atoms with Gasteiger partial charge in [0.05, 0.1) is 5.60 Å². The highest BCUT2D eigenvalue weighted by Gasteiger charge is 2.36. The predicted octanol–water partition coefficient (Wildman–Crippen LogP) is 4.85. The highest BCUT2D eigenvalue weighted by Crippen LogP contribution is 2.44. The summed E-state index contributed by atoms with van der Waals surface area (Å²) in [5.41, 5.74) is 4.31. The van der Waals surface area contributed by atoms with Crippen LogP contribution in [0.15, 0.2) is 48.5 Å². The van der Waals surface area contributed by atoms with Crippen molar-refractivity contribution >= 4 is 0 Å². The smallest absolute Gasteiger partial charge is 0.0902 e. The Labute approximate surface area is 127 Å². The van der Waals surface area contributed by atoms with E-state index in [1.54, 1.807) is 0 Å². The van der Waals surface area contributed by atoms with Crippen LogP contribution in [0.5, 0.6) is 0 Å². The van der Waals surface area contributed by atoms with Gasteiger partial charge in [0.15, 0.2) is 0 Å². The molecular formula is C20H24O. The van der Waals surface area contributed by atoms with E-state index >= 15 is 0 Å². The van der Waals surface area contributed by atoms with Crippen molar-refractivity contribution in [2.75, 3.05) is 0 Å². The van der Waals surface area contributed by atoms with Crippen LogP contribution in [0.3, 0.4) is 0 Å². The van der Waals surface area contributed by atoms with Crippen molar-refractivity contribution < 1.29 is 5.11 Å². The van der Waals surface area contributed by atoms with Crippen LogP contribution in [0.4, 0.5) is 0 Å². The molecule has 3 rings (SSSR count). The van der Waals surface area contributed by atoms with Gasteiger partial charge < -0.3 is 5.11 Å². The molecule has 0 amide bonds. The number of hydrogen-bond acceptors (Lipinski definition) is 1. The number of aliphatic hydroxyl groups is 1. The van der Waals surface area contributed by atoms with E-state index in [1.807, 2.05) is 0 Å². The zero-order valence-electron chi connectivity index (χ0n) is 13.0. The lowest BCUT2D eigenvalue weighted by molar-refractivity contribution is -0.00837. The van der Waals surface area contributed by atoms with Crippen LogP contribution < -0.4 is 0 Å². The Bertz CT molecular complexity index is 597. The van der Waals surface area contributed by atoms with Gasteiger partial charge in [-0.1, -0.05) is 59.7 Å². The molecule has 2 atom stereocenters. The Balaban J connectivity index is 1.84. The summed E-state index contributed by atoms with van der Waals surface area (Å²) in [5.74, 6) is 0.464. The third kappa shape index (κ3) is 3.03. The van der Waals surface area contributed by atoms with Gasteiger partial charge in [-0.3, -0.25) is 0 Å². The van der Waals surface area contributed by atoms with Crippen molar-refractivity contribution in [2.24, 2.45) is 0 Å². The van der Waals surface area contributed by atoms with E-state index in [0.29, 0.717) is 5.92 Å². The fraction of sp³-hybridized carbons (Fsp3) is 0.400. The Hall–Kier alpha value is -1.60. The molecule has 0 spiro atoms. The van der Waals surface area contributed by atoms with Crippen LogP contribution >= 0.6 is 0 Å². The van der Waals surface area contributed by atoms with Gasteiger partial charge in [-0.2, -0.15) is 0 Å². The largest absolute Gasteiger partial charge is 0.385 e. The first-order valence-corrected chi connectivity index (χ1v) is 7.93. The van der Waals surface area contributed by atoms with E-state index in [9.17, 15) is 5.11 Å². The lowest BCUT2D eigenvalue weighted by atomic mass is 9.72. The molecule has 1 N–H and O–H groups in total. The molecule has 0 aliphatic heterocycles. The predicted molar refractivity (Wildman–Crippen MR) is 87.5 cm³/mol. The van der Waals surface area contributed by atoms with Gasteiger partial charge in [0.1, 0.15) is 0 Å². The van der Waals surface area contributed by atoms with Gasteiger partial charge in [-0.15, -0.1) is 0 Å². The van der Waals surface area contributed by atoms with Crippen molar-refractivity contribution in [3.8, 4) is 0 Å². The third-order valence-electron chi connectivity index (χ3n) is 4.86. The first-order chi connectivity index (χ1) is 10.1. The van der Waals surface area contributed by atoms with Crippen LogP contribution in [0.2, 0.25) is 0 Å². The van der Waals surface area contributed by atoms with Crippen molar-refractivity contribution in [1.82, 2.24) is 0 Å². The summed E-state index contributed by atoms with van der Waals surface area (Å²) < 4.78 is 0. The molecule has 110 valence electrons. The van der Waals surface area contributed by atoms with E-state index in [0.717, 1.165) is 24.8 Å². The van der Waals surface area contributed by atoms with Gasteiger partial charge in [-0.05, 0) is 56.6 Å². The van der Waals surface area contributed by atoms with Gasteiger partial charge >= 0.3 is 0 Å². The first-order valence-electron chi connectivity index (χ1n) is 7.93. The molecule has 0 aromatic heterocycles. The van der Waals surface area contributed by atoms with E-state index in [4.69, 9.17) is 0 Å². The average molecular weight is 280 g/mol. The lowest BCUT2D eigenvalue weighted by Crippen LogP contribution is -2.31. The van der Waals surface area contributed by atoms with E-state index in [2.05, 4.69) is 62.4 Å². The lowest BCUT2D eigenvalue weighted by Gasteiger charge is -2.37. The van der Waals surface area contributed by atoms with Crippen molar-refractivity contribution in [3.63, 3.8) is 0 Å².